The van der Waals surface area contributed by atoms with Crippen LogP contribution in [0.15, 0.2) is 0 Å². The van der Waals surface area contributed by atoms with Crippen molar-refractivity contribution in [3.63, 3.8) is 0 Å². The molecule has 5 heteroatoms. The van der Waals surface area contributed by atoms with Gasteiger partial charge in [0.05, 0.1) is 5.75 Å². The minimum atomic E-state index is -0.908. The molecule has 4 nitrogen and oxygen atoms in total. The van der Waals surface area contributed by atoms with E-state index in [4.69, 9.17) is 5.11 Å². The van der Waals surface area contributed by atoms with Crippen LogP contribution in [0, 0.1) is 0 Å². The van der Waals surface area contributed by atoms with Crippen LogP contribution in [0.4, 0.5) is 0 Å². The van der Waals surface area contributed by atoms with Gasteiger partial charge in [0, 0.05) is 6.04 Å². The molecule has 0 fully saturated rings. The summed E-state index contributed by atoms with van der Waals surface area (Å²) in [4.78, 5) is 21.9. The first-order valence-electron chi connectivity index (χ1n) is 4.42. The van der Waals surface area contributed by atoms with Crippen LogP contribution in [0.5, 0.6) is 0 Å². The van der Waals surface area contributed by atoms with Crippen LogP contribution in [0.3, 0.4) is 0 Å². The Hall–Kier alpha value is -0.710. The summed E-state index contributed by atoms with van der Waals surface area (Å²) >= 11 is 1.13. The van der Waals surface area contributed by atoms with Gasteiger partial charge in [0.15, 0.2) is 0 Å². The standard InChI is InChI=1S/C9H17NO3S/c1-6(2)10-7(11)5-14-9(3,4)8(12)13/h6H,5H2,1-4H3,(H,10,11)(H,12,13). The van der Waals surface area contributed by atoms with Crippen molar-refractivity contribution >= 4 is 23.6 Å². The SMILES string of the molecule is CC(C)NC(=O)CSC(C)(C)C(=O)O. The number of hydrogen-bond donors (Lipinski definition) is 2. The molecule has 0 atom stereocenters. The molecule has 0 saturated carbocycles. The van der Waals surface area contributed by atoms with Crippen molar-refractivity contribution in [3.8, 4) is 0 Å². The molecule has 0 rings (SSSR count). The summed E-state index contributed by atoms with van der Waals surface area (Å²) in [5.41, 5.74) is 0. The van der Waals surface area contributed by atoms with Crippen LogP contribution in [0.1, 0.15) is 27.7 Å². The van der Waals surface area contributed by atoms with Crippen LogP contribution in [0.2, 0.25) is 0 Å². The van der Waals surface area contributed by atoms with Crippen LogP contribution < -0.4 is 5.32 Å². The molecular formula is C9H17NO3S. The first-order valence-corrected chi connectivity index (χ1v) is 5.41. The van der Waals surface area contributed by atoms with E-state index in [1.165, 1.54) is 0 Å². The Balaban J connectivity index is 3.94. The number of aliphatic carboxylic acids is 1. The molecule has 0 aromatic heterocycles. The molecule has 14 heavy (non-hydrogen) atoms. The Kier molecular flexibility index (Phi) is 4.97. The van der Waals surface area contributed by atoms with Gasteiger partial charge in [-0.2, -0.15) is 0 Å². The number of carbonyl (C=O) groups excluding carboxylic acids is 1. The monoisotopic (exact) mass is 219 g/mol. The first-order chi connectivity index (χ1) is 6.25. The highest BCUT2D eigenvalue weighted by atomic mass is 32.2. The summed E-state index contributed by atoms with van der Waals surface area (Å²) in [6, 6.07) is 0.0936. The smallest absolute Gasteiger partial charge is 0.319 e. The molecule has 0 heterocycles. The van der Waals surface area contributed by atoms with Gasteiger partial charge >= 0.3 is 5.97 Å². The van der Waals surface area contributed by atoms with Gasteiger partial charge in [-0.25, -0.2) is 0 Å². The van der Waals surface area contributed by atoms with Gasteiger partial charge in [-0.3, -0.25) is 9.59 Å². The van der Waals surface area contributed by atoms with Gasteiger partial charge in [0.25, 0.3) is 0 Å². The zero-order valence-electron chi connectivity index (χ0n) is 8.96. The zero-order valence-corrected chi connectivity index (χ0v) is 9.77. The number of thioether (sulfide) groups is 1. The number of nitrogens with one attached hydrogen (secondary N) is 1. The summed E-state index contributed by atoms with van der Waals surface area (Å²) in [5, 5.41) is 11.5. The normalized spacial score (nSPS) is 11.5. The van der Waals surface area contributed by atoms with Crippen molar-refractivity contribution in [1.82, 2.24) is 5.32 Å². The highest BCUT2D eigenvalue weighted by Gasteiger charge is 2.28. The summed E-state index contributed by atoms with van der Waals surface area (Å²) in [6.45, 7) is 6.90. The molecule has 1 amide bonds. The summed E-state index contributed by atoms with van der Waals surface area (Å²) in [5.74, 6) is -0.850. The minimum absolute atomic E-state index is 0.0936. The summed E-state index contributed by atoms with van der Waals surface area (Å²) in [7, 11) is 0. The maximum Gasteiger partial charge on any atom is 0.319 e. The van der Waals surface area contributed by atoms with E-state index in [1.807, 2.05) is 13.8 Å². The van der Waals surface area contributed by atoms with Gasteiger partial charge in [-0.05, 0) is 27.7 Å². The topological polar surface area (TPSA) is 66.4 Å². The van der Waals surface area contributed by atoms with E-state index in [1.54, 1.807) is 13.8 Å². The van der Waals surface area contributed by atoms with E-state index in [0.717, 1.165) is 11.8 Å². The van der Waals surface area contributed by atoms with Crippen LogP contribution in [-0.2, 0) is 9.59 Å². The fraction of sp³-hybridized carbons (Fsp3) is 0.778. The summed E-state index contributed by atoms with van der Waals surface area (Å²) < 4.78 is -0.908. The molecule has 0 bridgehead atoms. The lowest BCUT2D eigenvalue weighted by Crippen LogP contribution is -2.35. The second-order valence-electron chi connectivity index (χ2n) is 3.83. The molecule has 0 spiro atoms. The third-order valence-electron chi connectivity index (χ3n) is 1.53. The third-order valence-corrected chi connectivity index (χ3v) is 2.83. The molecule has 0 aromatic carbocycles. The molecule has 0 aliphatic rings. The second-order valence-corrected chi connectivity index (χ2v) is 5.42. The average Bonchev–Trinajstić information content (AvgIpc) is 1.99. The molecule has 0 unspecified atom stereocenters. The van der Waals surface area contributed by atoms with Gasteiger partial charge in [0.1, 0.15) is 4.75 Å². The number of hydrogen-bond acceptors (Lipinski definition) is 3. The number of amides is 1. The van der Waals surface area contributed by atoms with E-state index in [-0.39, 0.29) is 17.7 Å². The lowest BCUT2D eigenvalue weighted by atomic mass is 10.2. The van der Waals surface area contributed by atoms with Crippen molar-refractivity contribution in [3.05, 3.63) is 0 Å². The van der Waals surface area contributed by atoms with E-state index >= 15 is 0 Å². The largest absolute Gasteiger partial charge is 0.480 e. The van der Waals surface area contributed by atoms with E-state index < -0.39 is 10.7 Å². The number of carbonyl (C=O) groups is 2. The maximum absolute atomic E-state index is 11.2. The van der Waals surface area contributed by atoms with Gasteiger partial charge in [-0.15, -0.1) is 11.8 Å². The molecule has 2 N–H and O–H groups in total. The van der Waals surface area contributed by atoms with Crippen LogP contribution in [0.25, 0.3) is 0 Å². The predicted octanol–water partition coefficient (Wildman–Crippen LogP) is 1.11. The Morgan fingerprint density at radius 3 is 2.29 bits per heavy atom. The van der Waals surface area contributed by atoms with Crippen LogP contribution in [-0.4, -0.2) is 33.5 Å². The molecular weight excluding hydrogens is 202 g/mol. The molecule has 0 radical (unpaired) electrons. The van der Waals surface area contributed by atoms with Gasteiger partial charge in [-0.1, -0.05) is 0 Å². The first kappa shape index (κ1) is 13.3. The van der Waals surface area contributed by atoms with Crippen LogP contribution >= 0.6 is 11.8 Å². The Morgan fingerprint density at radius 1 is 1.43 bits per heavy atom. The fourth-order valence-electron chi connectivity index (χ4n) is 0.671. The van der Waals surface area contributed by atoms with Crippen molar-refractivity contribution in [2.45, 2.75) is 38.5 Å². The van der Waals surface area contributed by atoms with E-state index in [2.05, 4.69) is 5.32 Å². The highest BCUT2D eigenvalue weighted by molar-refractivity contribution is 8.01. The number of rotatable bonds is 5. The maximum atomic E-state index is 11.2. The van der Waals surface area contributed by atoms with Gasteiger partial charge in [0.2, 0.25) is 5.91 Å². The van der Waals surface area contributed by atoms with E-state index in [9.17, 15) is 9.59 Å². The van der Waals surface area contributed by atoms with Crippen molar-refractivity contribution < 1.29 is 14.7 Å². The molecule has 0 saturated heterocycles. The lowest BCUT2D eigenvalue weighted by Gasteiger charge is -2.18. The molecule has 82 valence electrons. The summed E-state index contributed by atoms with van der Waals surface area (Å²) in [6.07, 6.45) is 0. The predicted molar refractivity (Wildman–Crippen MR) is 57.5 cm³/mol. The molecule has 0 aromatic rings. The lowest BCUT2D eigenvalue weighted by molar-refractivity contribution is -0.138. The van der Waals surface area contributed by atoms with Gasteiger partial charge < -0.3 is 10.4 Å². The molecule has 0 aliphatic carbocycles. The third kappa shape index (κ3) is 5.11. The number of carboxylic acid groups (broad SMARTS) is 1. The van der Waals surface area contributed by atoms with Crippen molar-refractivity contribution in [2.24, 2.45) is 0 Å². The quantitative estimate of drug-likeness (QED) is 0.727. The van der Waals surface area contributed by atoms with E-state index in [0.29, 0.717) is 0 Å². The van der Waals surface area contributed by atoms with Crippen molar-refractivity contribution in [1.29, 1.82) is 0 Å². The fourth-order valence-corrected chi connectivity index (χ4v) is 1.37. The zero-order chi connectivity index (χ0) is 11.4. The Labute approximate surface area is 88.4 Å². The average molecular weight is 219 g/mol. The van der Waals surface area contributed by atoms with Crippen molar-refractivity contribution in [2.75, 3.05) is 5.75 Å². The Bertz CT molecular complexity index is 226. The Morgan fingerprint density at radius 2 is 1.93 bits per heavy atom. The molecule has 0 aliphatic heterocycles. The number of carboxylic acids is 1. The second kappa shape index (κ2) is 5.24. The minimum Gasteiger partial charge on any atom is -0.480 e. The highest BCUT2D eigenvalue weighted by Crippen LogP contribution is 2.23.